The molecule has 0 radical (unpaired) electrons. The van der Waals surface area contributed by atoms with E-state index in [2.05, 4.69) is 10.3 Å². The fraction of sp³-hybridized carbons (Fsp3) is 0. The molecule has 0 aliphatic rings. The number of halogens is 1. The maximum absolute atomic E-state index is 10.5. The number of aromatic nitrogens is 2. The van der Waals surface area contributed by atoms with E-state index in [1.54, 1.807) is 12.3 Å². The number of pyridine rings is 1. The lowest BCUT2D eigenvalue weighted by atomic mass is 10.1. The average molecular weight is 272 g/mol. The molecule has 0 spiro atoms. The van der Waals surface area contributed by atoms with Crippen molar-refractivity contribution in [1.29, 1.82) is 0 Å². The van der Waals surface area contributed by atoms with Gasteiger partial charge in [0.1, 0.15) is 5.65 Å². The molecule has 0 aliphatic heterocycles. The first-order chi connectivity index (χ1) is 9.28. The normalized spacial score (nSPS) is 10.6. The van der Waals surface area contributed by atoms with Crippen molar-refractivity contribution in [2.75, 3.05) is 5.32 Å². The van der Waals surface area contributed by atoms with Gasteiger partial charge < -0.3 is 5.32 Å². The Kier molecular flexibility index (Phi) is 2.93. The quantitative estimate of drug-likeness (QED) is 0.744. The third-order valence-electron chi connectivity index (χ3n) is 2.86. The van der Waals surface area contributed by atoms with E-state index in [0.717, 1.165) is 22.6 Å². The SMILES string of the molecule is O=CNc1cccc(-c2cnc3cc(Cl)ccn23)c1. The van der Waals surface area contributed by atoms with Gasteiger partial charge in [0.2, 0.25) is 6.41 Å². The highest BCUT2D eigenvalue weighted by Crippen LogP contribution is 2.24. The van der Waals surface area contributed by atoms with Gasteiger partial charge in [-0.25, -0.2) is 4.98 Å². The van der Waals surface area contributed by atoms with Crippen LogP contribution in [0, 0.1) is 0 Å². The average Bonchev–Trinajstić information content (AvgIpc) is 2.82. The van der Waals surface area contributed by atoms with E-state index in [1.807, 2.05) is 40.9 Å². The standard InChI is InChI=1S/C14H10ClN3O/c15-11-4-5-18-13(8-16-14(18)7-11)10-2-1-3-12(6-10)17-9-19/h1-9H,(H,17,19). The molecule has 2 aromatic heterocycles. The number of imidazole rings is 1. The van der Waals surface area contributed by atoms with Crippen molar-refractivity contribution in [3.05, 3.63) is 53.8 Å². The van der Waals surface area contributed by atoms with Crippen molar-refractivity contribution >= 4 is 29.3 Å². The minimum Gasteiger partial charge on any atom is -0.329 e. The van der Waals surface area contributed by atoms with Crippen LogP contribution in [0.2, 0.25) is 5.02 Å². The monoisotopic (exact) mass is 271 g/mol. The number of hydrogen-bond donors (Lipinski definition) is 1. The molecule has 3 aromatic rings. The van der Waals surface area contributed by atoms with Gasteiger partial charge in [0, 0.05) is 28.5 Å². The molecular weight excluding hydrogens is 262 g/mol. The second kappa shape index (κ2) is 4.74. The third-order valence-corrected chi connectivity index (χ3v) is 3.09. The Morgan fingerprint density at radius 3 is 3.00 bits per heavy atom. The minimum absolute atomic E-state index is 0.654. The fourth-order valence-corrected chi connectivity index (χ4v) is 2.16. The molecule has 0 fully saturated rings. The lowest BCUT2D eigenvalue weighted by Crippen LogP contribution is -1.94. The van der Waals surface area contributed by atoms with Crippen LogP contribution in [0.15, 0.2) is 48.8 Å². The summed E-state index contributed by atoms with van der Waals surface area (Å²) in [6, 6.07) is 11.2. The molecule has 94 valence electrons. The molecule has 2 heterocycles. The Morgan fingerprint density at radius 2 is 2.16 bits per heavy atom. The number of anilines is 1. The van der Waals surface area contributed by atoms with Gasteiger partial charge in [0.25, 0.3) is 0 Å². The number of nitrogens with zero attached hydrogens (tertiary/aromatic N) is 2. The lowest BCUT2D eigenvalue weighted by Gasteiger charge is -2.04. The number of carbonyl (C=O) groups is 1. The van der Waals surface area contributed by atoms with Crippen molar-refractivity contribution in [2.45, 2.75) is 0 Å². The summed E-state index contributed by atoms with van der Waals surface area (Å²) in [6.45, 7) is 0. The highest BCUT2D eigenvalue weighted by Gasteiger charge is 2.06. The summed E-state index contributed by atoms with van der Waals surface area (Å²) in [7, 11) is 0. The number of rotatable bonds is 3. The first-order valence-electron chi connectivity index (χ1n) is 5.71. The van der Waals surface area contributed by atoms with Crippen LogP contribution in [-0.2, 0) is 4.79 Å². The Morgan fingerprint density at radius 1 is 1.26 bits per heavy atom. The second-order valence-corrected chi connectivity index (χ2v) is 4.50. The summed E-state index contributed by atoms with van der Waals surface area (Å²) >= 11 is 5.94. The summed E-state index contributed by atoms with van der Waals surface area (Å²) in [5.74, 6) is 0. The second-order valence-electron chi connectivity index (χ2n) is 4.06. The molecular formula is C14H10ClN3O. The lowest BCUT2D eigenvalue weighted by molar-refractivity contribution is -0.105. The van der Waals surface area contributed by atoms with E-state index < -0.39 is 0 Å². The van der Waals surface area contributed by atoms with E-state index in [0.29, 0.717) is 11.4 Å². The van der Waals surface area contributed by atoms with E-state index in [1.165, 1.54) is 0 Å². The maximum Gasteiger partial charge on any atom is 0.211 e. The van der Waals surface area contributed by atoms with Gasteiger partial charge in [-0.15, -0.1) is 0 Å². The summed E-state index contributed by atoms with van der Waals surface area (Å²) in [5.41, 5.74) is 3.45. The van der Waals surface area contributed by atoms with Crippen LogP contribution in [-0.4, -0.2) is 15.8 Å². The fourth-order valence-electron chi connectivity index (χ4n) is 2.01. The zero-order chi connectivity index (χ0) is 13.2. The van der Waals surface area contributed by atoms with Crippen LogP contribution in [0.1, 0.15) is 0 Å². The molecule has 1 N–H and O–H groups in total. The molecule has 0 atom stereocenters. The van der Waals surface area contributed by atoms with Crippen LogP contribution in [0.5, 0.6) is 0 Å². The predicted octanol–water partition coefficient (Wildman–Crippen LogP) is 3.22. The van der Waals surface area contributed by atoms with Crippen molar-refractivity contribution in [2.24, 2.45) is 0 Å². The molecule has 0 bridgehead atoms. The number of amides is 1. The third kappa shape index (κ3) is 2.18. The van der Waals surface area contributed by atoms with Crippen LogP contribution < -0.4 is 5.32 Å². The number of fused-ring (bicyclic) bond motifs is 1. The maximum atomic E-state index is 10.5. The largest absolute Gasteiger partial charge is 0.329 e. The van der Waals surface area contributed by atoms with E-state index in [4.69, 9.17) is 11.6 Å². The van der Waals surface area contributed by atoms with Gasteiger partial charge in [0.15, 0.2) is 0 Å². The van der Waals surface area contributed by atoms with Crippen LogP contribution >= 0.6 is 11.6 Å². The minimum atomic E-state index is 0.654. The molecule has 19 heavy (non-hydrogen) atoms. The van der Waals surface area contributed by atoms with Gasteiger partial charge in [-0.3, -0.25) is 9.20 Å². The van der Waals surface area contributed by atoms with Gasteiger partial charge >= 0.3 is 0 Å². The molecule has 0 saturated carbocycles. The Labute approximate surface area is 114 Å². The van der Waals surface area contributed by atoms with E-state index in [9.17, 15) is 4.79 Å². The highest BCUT2D eigenvalue weighted by atomic mass is 35.5. The van der Waals surface area contributed by atoms with Crippen LogP contribution in [0.3, 0.4) is 0 Å². The number of benzene rings is 1. The number of carbonyl (C=O) groups excluding carboxylic acids is 1. The molecule has 3 rings (SSSR count). The van der Waals surface area contributed by atoms with Gasteiger partial charge in [-0.05, 0) is 18.2 Å². The Hall–Kier alpha value is -2.33. The molecule has 4 nitrogen and oxygen atoms in total. The molecule has 1 aromatic carbocycles. The zero-order valence-corrected chi connectivity index (χ0v) is 10.6. The van der Waals surface area contributed by atoms with Crippen molar-refractivity contribution in [3.8, 4) is 11.3 Å². The Bertz CT molecular complexity index is 751. The summed E-state index contributed by atoms with van der Waals surface area (Å²) in [6.07, 6.45) is 4.32. The van der Waals surface area contributed by atoms with Crippen LogP contribution in [0.25, 0.3) is 16.9 Å². The summed E-state index contributed by atoms with van der Waals surface area (Å²) in [5, 5.41) is 3.29. The number of hydrogen-bond acceptors (Lipinski definition) is 2. The smallest absolute Gasteiger partial charge is 0.211 e. The van der Waals surface area contributed by atoms with Crippen LogP contribution in [0.4, 0.5) is 5.69 Å². The predicted molar refractivity (Wildman–Crippen MR) is 75.3 cm³/mol. The molecule has 1 amide bonds. The first kappa shape index (κ1) is 11.7. The highest BCUT2D eigenvalue weighted by molar-refractivity contribution is 6.30. The van der Waals surface area contributed by atoms with Gasteiger partial charge in [0.05, 0.1) is 11.9 Å². The summed E-state index contributed by atoms with van der Waals surface area (Å²) in [4.78, 5) is 14.8. The molecule has 0 aliphatic carbocycles. The van der Waals surface area contributed by atoms with E-state index in [-0.39, 0.29) is 0 Å². The van der Waals surface area contributed by atoms with Gasteiger partial charge in [-0.1, -0.05) is 23.7 Å². The van der Waals surface area contributed by atoms with Gasteiger partial charge in [-0.2, -0.15) is 0 Å². The van der Waals surface area contributed by atoms with Crippen molar-refractivity contribution in [1.82, 2.24) is 9.38 Å². The van der Waals surface area contributed by atoms with Crippen molar-refractivity contribution < 1.29 is 4.79 Å². The zero-order valence-electron chi connectivity index (χ0n) is 9.88. The molecule has 0 unspecified atom stereocenters. The topological polar surface area (TPSA) is 46.4 Å². The molecule has 5 heteroatoms. The summed E-state index contributed by atoms with van der Waals surface area (Å²) < 4.78 is 1.95. The van der Waals surface area contributed by atoms with E-state index >= 15 is 0 Å². The number of nitrogens with one attached hydrogen (secondary N) is 1. The Balaban J connectivity index is 2.13. The van der Waals surface area contributed by atoms with Crippen molar-refractivity contribution in [3.63, 3.8) is 0 Å². The molecule has 0 saturated heterocycles. The first-order valence-corrected chi connectivity index (χ1v) is 6.09.